The smallest absolute Gasteiger partial charge is 0.508 e. The van der Waals surface area contributed by atoms with Gasteiger partial charge in [0.15, 0.2) is 0 Å². The van der Waals surface area contributed by atoms with E-state index in [1.54, 1.807) is 0 Å². The number of likely N-dealkylation sites (N-methyl/N-ethyl adjacent to an activating group) is 1. The van der Waals surface area contributed by atoms with Gasteiger partial charge in [-0.05, 0) is 91.3 Å². The summed E-state index contributed by atoms with van der Waals surface area (Å²) < 4.78 is 33.4. The first-order chi connectivity index (χ1) is 20.5. The van der Waals surface area contributed by atoms with Crippen LogP contribution in [0.15, 0.2) is 11.6 Å². The molecule has 2 unspecified atom stereocenters. The van der Waals surface area contributed by atoms with Gasteiger partial charge in [0, 0.05) is 6.42 Å². The van der Waals surface area contributed by atoms with E-state index < -0.39 is 14.0 Å². The normalized spacial score (nSPS) is 34.8. The number of fused-ring (bicyclic) bond motifs is 5. The molecule has 0 heterocycles. The molecule has 0 radical (unpaired) electrons. The van der Waals surface area contributed by atoms with Gasteiger partial charge in [-0.3, -0.25) is 9.05 Å². The summed E-state index contributed by atoms with van der Waals surface area (Å²) in [7, 11) is 1.71. The summed E-state index contributed by atoms with van der Waals surface area (Å²) in [5, 5.41) is 0. The van der Waals surface area contributed by atoms with E-state index in [0.717, 1.165) is 61.2 Å². The molecule has 45 heavy (non-hydrogen) atoms. The molecule has 10 heteroatoms. The second kappa shape index (κ2) is 15.5. The van der Waals surface area contributed by atoms with Crippen LogP contribution >= 0.6 is 7.82 Å². The molecule has 0 aliphatic heterocycles. The van der Waals surface area contributed by atoms with Crippen molar-refractivity contribution in [3.05, 3.63) is 11.6 Å². The molecule has 0 bridgehead atoms. The first-order valence-electron chi connectivity index (χ1n) is 17.5. The fraction of sp³-hybridized carbons (Fsp3) is 0.914. The predicted molar refractivity (Wildman–Crippen MR) is 176 cm³/mol. The lowest BCUT2D eigenvalue weighted by atomic mass is 9.47. The van der Waals surface area contributed by atoms with Crippen molar-refractivity contribution in [2.24, 2.45) is 46.3 Å². The molecule has 0 aromatic rings. The number of hydrogen-bond acceptors (Lipinski definition) is 7. The SMILES string of the molecule is CC(C)CCC[C@@H](C)[C@H]1CC[C@H]2[C@@H]3CC=C4CC(OC(=O)OCCOP(=O)(O)OCC[N+](C)(C)C)CC[C@]4(C)[C@H]3CC[C@]12C.[OH-]. The Bertz CT molecular complexity index is 1060. The first kappa shape index (κ1) is 38.5. The van der Waals surface area contributed by atoms with Crippen LogP contribution in [-0.4, -0.2) is 74.6 Å². The molecule has 0 aromatic carbocycles. The minimum atomic E-state index is -4.19. The van der Waals surface area contributed by atoms with E-state index >= 15 is 0 Å². The zero-order valence-electron chi connectivity index (χ0n) is 29.5. The summed E-state index contributed by atoms with van der Waals surface area (Å²) in [5.41, 5.74) is 2.14. The summed E-state index contributed by atoms with van der Waals surface area (Å²) in [4.78, 5) is 22.3. The second-order valence-electron chi connectivity index (χ2n) is 16.5. The fourth-order valence-electron chi connectivity index (χ4n) is 9.67. The molecule has 3 saturated carbocycles. The molecule has 2 N–H and O–H groups in total. The summed E-state index contributed by atoms with van der Waals surface area (Å²) in [6.45, 7) is 12.6. The molecule has 262 valence electrons. The van der Waals surface area contributed by atoms with Gasteiger partial charge in [0.2, 0.25) is 0 Å². The molecule has 0 amide bonds. The minimum absolute atomic E-state index is 0. The molecule has 4 aliphatic rings. The maximum absolute atomic E-state index is 12.4. The Hall–Kier alpha value is -0.960. The van der Waals surface area contributed by atoms with Gasteiger partial charge in [-0.25, -0.2) is 9.36 Å². The van der Waals surface area contributed by atoms with E-state index in [-0.39, 0.29) is 36.8 Å². The highest BCUT2D eigenvalue weighted by Gasteiger charge is 2.59. The molecule has 0 saturated heterocycles. The van der Waals surface area contributed by atoms with Crippen LogP contribution in [-0.2, 0) is 23.1 Å². The van der Waals surface area contributed by atoms with Crippen molar-refractivity contribution in [3.8, 4) is 0 Å². The maximum Gasteiger partial charge on any atom is 0.508 e. The van der Waals surface area contributed by atoms with E-state index in [0.29, 0.717) is 16.4 Å². The second-order valence-corrected chi connectivity index (χ2v) is 18.0. The Morgan fingerprint density at radius 1 is 1.00 bits per heavy atom. The highest BCUT2D eigenvalue weighted by molar-refractivity contribution is 7.47. The van der Waals surface area contributed by atoms with Gasteiger partial charge in [-0.2, -0.15) is 0 Å². The topological polar surface area (TPSA) is 121 Å². The number of rotatable bonds is 14. The van der Waals surface area contributed by atoms with Crippen molar-refractivity contribution in [1.82, 2.24) is 0 Å². The van der Waals surface area contributed by atoms with E-state index in [4.69, 9.17) is 18.5 Å². The van der Waals surface area contributed by atoms with Gasteiger partial charge in [0.25, 0.3) is 0 Å². The zero-order chi connectivity index (χ0) is 32.3. The molecule has 3 fully saturated rings. The first-order valence-corrected chi connectivity index (χ1v) is 19.0. The van der Waals surface area contributed by atoms with Gasteiger partial charge < -0.3 is 24.3 Å². The van der Waals surface area contributed by atoms with Gasteiger partial charge in [0.05, 0.1) is 27.7 Å². The number of quaternary nitrogens is 1. The van der Waals surface area contributed by atoms with Crippen LogP contribution in [0, 0.1) is 46.3 Å². The lowest BCUT2D eigenvalue weighted by Gasteiger charge is -2.58. The van der Waals surface area contributed by atoms with Crippen LogP contribution in [0.5, 0.6) is 0 Å². The van der Waals surface area contributed by atoms with Crippen LogP contribution in [0.2, 0.25) is 0 Å². The van der Waals surface area contributed by atoms with Gasteiger partial charge in [-0.15, -0.1) is 0 Å². The highest BCUT2D eigenvalue weighted by Crippen LogP contribution is 2.67. The molecule has 9 atom stereocenters. The van der Waals surface area contributed by atoms with E-state index in [2.05, 4.69) is 40.7 Å². The number of carbonyl (C=O) groups excluding carboxylic acids is 1. The van der Waals surface area contributed by atoms with E-state index in [1.807, 2.05) is 21.1 Å². The van der Waals surface area contributed by atoms with Crippen LogP contribution in [0.4, 0.5) is 4.79 Å². The molecule has 0 aromatic heterocycles. The molecule has 9 nitrogen and oxygen atoms in total. The maximum atomic E-state index is 12.4. The number of ether oxygens (including phenoxy) is 2. The average molecular weight is 658 g/mol. The fourth-order valence-corrected chi connectivity index (χ4v) is 10.4. The third-order valence-electron chi connectivity index (χ3n) is 12.1. The van der Waals surface area contributed by atoms with Crippen LogP contribution < -0.4 is 0 Å². The third-order valence-corrected chi connectivity index (χ3v) is 13.1. The lowest BCUT2D eigenvalue weighted by Crippen LogP contribution is -2.51. The Morgan fingerprint density at radius 3 is 2.40 bits per heavy atom. The van der Waals surface area contributed by atoms with E-state index in [1.165, 1.54) is 50.5 Å². The summed E-state index contributed by atoms with van der Waals surface area (Å²) >= 11 is 0. The minimum Gasteiger partial charge on any atom is -0.870 e. The number of phosphoric ester groups is 1. The highest BCUT2D eigenvalue weighted by atomic mass is 31.2. The summed E-state index contributed by atoms with van der Waals surface area (Å²) in [6, 6.07) is 0. The van der Waals surface area contributed by atoms with Crippen LogP contribution in [0.1, 0.15) is 105 Å². The molecule has 4 rings (SSSR count). The summed E-state index contributed by atoms with van der Waals surface area (Å²) in [6.07, 6.45) is 15.0. The Labute approximate surface area is 273 Å². The Kier molecular flexibility index (Phi) is 13.3. The standard InChI is InChI=1S/C35H62NO7P.H2O/c1-25(2)10-9-11-26(3)30-14-15-31-29-13-12-27-24-28(16-18-34(27,4)32(29)17-19-35(30,31)5)43-33(37)40-22-23-42-44(38,39)41-21-20-36(6,7)8;/h12,25-26,28-32H,9-11,13-24H2,1-8H3;1H2/t26-,28?,29+,30-,31+,32+,34+,35-;/m1./s1. The lowest BCUT2D eigenvalue weighted by molar-refractivity contribution is -0.870. The molecule has 4 aliphatic carbocycles. The van der Waals surface area contributed by atoms with Crippen molar-refractivity contribution in [2.45, 2.75) is 111 Å². The Balaban J connectivity index is 0.00000552. The largest absolute Gasteiger partial charge is 0.870 e. The van der Waals surface area contributed by atoms with Crippen molar-refractivity contribution in [3.63, 3.8) is 0 Å². The van der Waals surface area contributed by atoms with Crippen LogP contribution in [0.3, 0.4) is 0 Å². The van der Waals surface area contributed by atoms with E-state index in [9.17, 15) is 14.3 Å². The monoisotopic (exact) mass is 657 g/mol. The average Bonchev–Trinajstić information content (AvgIpc) is 3.27. The molecular formula is C35H64NO8P. The Morgan fingerprint density at radius 2 is 1.71 bits per heavy atom. The van der Waals surface area contributed by atoms with Crippen LogP contribution in [0.25, 0.3) is 0 Å². The number of allylic oxidation sites excluding steroid dienone is 1. The van der Waals surface area contributed by atoms with Gasteiger partial charge in [0.1, 0.15) is 25.9 Å². The number of carbonyl (C=O) groups is 1. The predicted octanol–water partition coefficient (Wildman–Crippen LogP) is 8.21. The molecular weight excluding hydrogens is 593 g/mol. The number of phosphoric acid groups is 1. The number of hydrogen-bond donors (Lipinski definition) is 1. The number of nitrogens with zero attached hydrogens (tertiary/aromatic N) is 1. The van der Waals surface area contributed by atoms with Crippen molar-refractivity contribution in [1.29, 1.82) is 0 Å². The van der Waals surface area contributed by atoms with Crippen molar-refractivity contribution in [2.75, 3.05) is 47.5 Å². The summed E-state index contributed by atoms with van der Waals surface area (Å²) in [5.74, 6) is 4.82. The van der Waals surface area contributed by atoms with Gasteiger partial charge in [-0.1, -0.05) is 65.5 Å². The van der Waals surface area contributed by atoms with Gasteiger partial charge >= 0.3 is 14.0 Å². The van der Waals surface area contributed by atoms with Crippen molar-refractivity contribution >= 4 is 14.0 Å². The third kappa shape index (κ3) is 9.57. The quantitative estimate of drug-likeness (QED) is 0.0652. The van der Waals surface area contributed by atoms with Crippen molar-refractivity contribution < 1.29 is 42.7 Å². The molecule has 0 spiro atoms. The zero-order valence-corrected chi connectivity index (χ0v) is 30.4.